The molecule has 2 fully saturated rings. The highest BCUT2D eigenvalue weighted by atomic mass is 16.5. The number of likely N-dealkylation sites (tertiary alicyclic amines) is 1. The molecule has 0 aromatic carbocycles. The molecule has 0 saturated carbocycles. The molecule has 31 heavy (non-hydrogen) atoms. The van der Waals surface area contributed by atoms with Crippen molar-refractivity contribution in [1.29, 1.82) is 0 Å². The highest BCUT2D eigenvalue weighted by Crippen LogP contribution is 2.19. The molecule has 8 heteroatoms. The largest absolute Gasteiger partial charge is 0.444 e. The number of rotatable bonds is 8. The summed E-state index contributed by atoms with van der Waals surface area (Å²) in [5, 5.41) is 7.12. The first-order valence-corrected chi connectivity index (χ1v) is 11.9. The molecule has 0 radical (unpaired) electrons. The molecule has 1 aromatic rings. The first kappa shape index (κ1) is 24.0. The molecule has 1 atom stereocenters. The molecule has 0 amide bonds. The van der Waals surface area contributed by atoms with E-state index in [0.717, 1.165) is 82.3 Å². The number of aromatic nitrogens is 1. The van der Waals surface area contributed by atoms with Gasteiger partial charge in [-0.2, -0.15) is 0 Å². The fraction of sp³-hybridized carbons (Fsp3) is 0.826. The minimum Gasteiger partial charge on any atom is -0.444 e. The number of guanidine groups is 1. The van der Waals surface area contributed by atoms with Crippen LogP contribution in [0.1, 0.15) is 44.0 Å². The third-order valence-electron chi connectivity index (χ3n) is 6.68. The van der Waals surface area contributed by atoms with Gasteiger partial charge in [-0.05, 0) is 51.6 Å². The zero-order chi connectivity index (χ0) is 22.2. The molecule has 2 N–H and O–H groups in total. The van der Waals surface area contributed by atoms with E-state index >= 15 is 0 Å². The number of nitrogens with zero attached hydrogens (tertiary/aromatic N) is 4. The summed E-state index contributed by atoms with van der Waals surface area (Å²) in [6, 6.07) is 0.494. The van der Waals surface area contributed by atoms with Crippen molar-refractivity contribution in [3.63, 3.8) is 0 Å². The predicted molar refractivity (Wildman–Crippen MR) is 124 cm³/mol. The quantitative estimate of drug-likeness (QED) is 0.479. The Hall–Kier alpha value is -1.64. The Balaban J connectivity index is 1.37. The van der Waals surface area contributed by atoms with Gasteiger partial charge in [-0.3, -0.25) is 14.8 Å². The number of morpholine rings is 1. The Kier molecular flexibility index (Phi) is 9.16. The van der Waals surface area contributed by atoms with Gasteiger partial charge >= 0.3 is 0 Å². The summed E-state index contributed by atoms with van der Waals surface area (Å²) >= 11 is 0. The van der Waals surface area contributed by atoms with Crippen molar-refractivity contribution in [3.05, 3.63) is 17.3 Å². The molecular formula is C23H42N6O2. The maximum atomic E-state index is 5.74. The van der Waals surface area contributed by atoms with Gasteiger partial charge in [-0.25, -0.2) is 4.98 Å². The maximum absolute atomic E-state index is 5.74. The Morgan fingerprint density at radius 1 is 1.13 bits per heavy atom. The second kappa shape index (κ2) is 11.8. The van der Waals surface area contributed by atoms with Crippen LogP contribution in [0.2, 0.25) is 0 Å². The summed E-state index contributed by atoms with van der Waals surface area (Å²) in [5.74, 6) is 3.94. The summed E-state index contributed by atoms with van der Waals surface area (Å²) in [7, 11) is 1.86. The fourth-order valence-electron chi connectivity index (χ4n) is 4.51. The van der Waals surface area contributed by atoms with Gasteiger partial charge in [0.05, 0.1) is 25.5 Å². The Labute approximate surface area is 187 Å². The second-order valence-electron chi connectivity index (χ2n) is 9.26. The van der Waals surface area contributed by atoms with Gasteiger partial charge in [-0.15, -0.1) is 0 Å². The molecule has 2 aliphatic heterocycles. The topological polar surface area (TPSA) is 78.2 Å². The van der Waals surface area contributed by atoms with E-state index in [1.165, 1.54) is 12.8 Å². The first-order chi connectivity index (χ1) is 15.0. The number of piperidine rings is 1. The highest BCUT2D eigenvalue weighted by molar-refractivity contribution is 5.79. The molecule has 1 unspecified atom stereocenters. The van der Waals surface area contributed by atoms with Crippen molar-refractivity contribution in [1.82, 2.24) is 25.4 Å². The molecule has 0 aliphatic carbocycles. The van der Waals surface area contributed by atoms with Crippen molar-refractivity contribution in [2.75, 3.05) is 59.5 Å². The monoisotopic (exact) mass is 434 g/mol. The number of nitrogens with one attached hydrogen (secondary N) is 2. The standard InChI is InChI=1S/C23H42N6O2/c1-17(2)21(29-10-12-30-13-11-29)15-26-23(24-5)25-14-20-6-8-28(9-7-20)16-22-27-18(3)19(4)31-22/h17,20-21H,6-16H2,1-5H3,(H2,24,25,26). The van der Waals surface area contributed by atoms with Gasteiger partial charge in [0.1, 0.15) is 5.76 Å². The van der Waals surface area contributed by atoms with Gasteiger partial charge in [-0.1, -0.05) is 13.8 Å². The van der Waals surface area contributed by atoms with Gasteiger partial charge in [0.15, 0.2) is 5.96 Å². The van der Waals surface area contributed by atoms with Crippen LogP contribution in [0.5, 0.6) is 0 Å². The molecule has 8 nitrogen and oxygen atoms in total. The van der Waals surface area contributed by atoms with E-state index < -0.39 is 0 Å². The summed E-state index contributed by atoms with van der Waals surface area (Å²) in [6.07, 6.45) is 2.37. The van der Waals surface area contributed by atoms with Gasteiger partial charge < -0.3 is 19.8 Å². The van der Waals surface area contributed by atoms with Crippen molar-refractivity contribution < 1.29 is 9.15 Å². The molecule has 2 aliphatic rings. The number of ether oxygens (including phenoxy) is 1. The minimum absolute atomic E-state index is 0.494. The van der Waals surface area contributed by atoms with Gasteiger partial charge in [0, 0.05) is 39.3 Å². The third kappa shape index (κ3) is 7.19. The van der Waals surface area contributed by atoms with Gasteiger partial charge in [0.25, 0.3) is 0 Å². The number of oxazole rings is 1. The molecular weight excluding hydrogens is 392 g/mol. The van der Waals surface area contributed by atoms with Crippen molar-refractivity contribution >= 4 is 5.96 Å². The number of hydrogen-bond donors (Lipinski definition) is 2. The second-order valence-corrected chi connectivity index (χ2v) is 9.26. The van der Waals surface area contributed by atoms with Crippen LogP contribution in [0.15, 0.2) is 9.41 Å². The Morgan fingerprint density at radius 3 is 2.42 bits per heavy atom. The van der Waals surface area contributed by atoms with E-state index in [1.54, 1.807) is 0 Å². The zero-order valence-electron chi connectivity index (χ0n) is 20.1. The van der Waals surface area contributed by atoms with Crippen LogP contribution in [0.4, 0.5) is 0 Å². The fourth-order valence-corrected chi connectivity index (χ4v) is 4.51. The van der Waals surface area contributed by atoms with E-state index in [-0.39, 0.29) is 0 Å². The van der Waals surface area contributed by atoms with Crippen LogP contribution in [0, 0.1) is 25.7 Å². The number of hydrogen-bond acceptors (Lipinski definition) is 6. The lowest BCUT2D eigenvalue weighted by Crippen LogP contribution is -2.53. The zero-order valence-corrected chi connectivity index (χ0v) is 20.1. The number of aryl methyl sites for hydroxylation is 2. The Bertz CT molecular complexity index is 671. The summed E-state index contributed by atoms with van der Waals surface area (Å²) in [6.45, 7) is 17.2. The molecule has 176 valence electrons. The lowest BCUT2D eigenvalue weighted by atomic mass is 9.97. The molecule has 3 heterocycles. The minimum atomic E-state index is 0.494. The van der Waals surface area contributed by atoms with Crippen LogP contribution < -0.4 is 10.6 Å². The SMILES string of the molecule is CN=C(NCC1CCN(Cc2nc(C)c(C)o2)CC1)NCC(C(C)C)N1CCOCC1. The van der Waals surface area contributed by atoms with Crippen molar-refractivity contribution in [3.8, 4) is 0 Å². The van der Waals surface area contributed by atoms with Crippen LogP contribution in [0.25, 0.3) is 0 Å². The molecule has 0 bridgehead atoms. The summed E-state index contributed by atoms with van der Waals surface area (Å²) in [5.41, 5.74) is 1.00. The lowest BCUT2D eigenvalue weighted by molar-refractivity contribution is 0.00752. The predicted octanol–water partition coefficient (Wildman–Crippen LogP) is 2.03. The normalized spacial score (nSPS) is 20.9. The van der Waals surface area contributed by atoms with Crippen LogP contribution in [-0.4, -0.2) is 86.3 Å². The lowest BCUT2D eigenvalue weighted by Gasteiger charge is -2.37. The average molecular weight is 435 g/mol. The van der Waals surface area contributed by atoms with Crippen LogP contribution in [-0.2, 0) is 11.3 Å². The van der Waals surface area contributed by atoms with Crippen molar-refractivity contribution in [2.45, 2.75) is 53.1 Å². The van der Waals surface area contributed by atoms with Crippen LogP contribution >= 0.6 is 0 Å². The van der Waals surface area contributed by atoms with E-state index in [2.05, 4.69) is 44.3 Å². The molecule has 1 aromatic heterocycles. The molecule has 3 rings (SSSR count). The van der Waals surface area contributed by atoms with Crippen molar-refractivity contribution in [2.24, 2.45) is 16.8 Å². The van der Waals surface area contributed by atoms with E-state index in [1.807, 2.05) is 20.9 Å². The van der Waals surface area contributed by atoms with E-state index in [0.29, 0.717) is 17.9 Å². The first-order valence-electron chi connectivity index (χ1n) is 11.9. The average Bonchev–Trinajstić information content (AvgIpc) is 3.08. The smallest absolute Gasteiger partial charge is 0.208 e. The molecule has 2 saturated heterocycles. The Morgan fingerprint density at radius 2 is 1.84 bits per heavy atom. The third-order valence-corrected chi connectivity index (χ3v) is 6.68. The summed E-state index contributed by atoms with van der Waals surface area (Å²) in [4.78, 5) is 14.0. The molecule has 0 spiro atoms. The van der Waals surface area contributed by atoms with Gasteiger partial charge in [0.2, 0.25) is 5.89 Å². The number of aliphatic imine (C=N–C) groups is 1. The maximum Gasteiger partial charge on any atom is 0.208 e. The summed E-state index contributed by atoms with van der Waals surface area (Å²) < 4.78 is 11.3. The van der Waals surface area contributed by atoms with E-state index in [4.69, 9.17) is 9.15 Å². The van der Waals surface area contributed by atoms with Crippen LogP contribution in [0.3, 0.4) is 0 Å². The highest BCUT2D eigenvalue weighted by Gasteiger charge is 2.24. The van der Waals surface area contributed by atoms with E-state index in [9.17, 15) is 0 Å².